The lowest BCUT2D eigenvalue weighted by Crippen LogP contribution is -2.42. The number of hydrogen-bond acceptors (Lipinski definition) is 4. The van der Waals surface area contributed by atoms with Crippen molar-refractivity contribution in [2.24, 2.45) is 0 Å². The van der Waals surface area contributed by atoms with Gasteiger partial charge in [0.05, 0.1) is 16.9 Å². The number of halogens is 3. The van der Waals surface area contributed by atoms with E-state index >= 15 is 0 Å². The van der Waals surface area contributed by atoms with Gasteiger partial charge in [-0.2, -0.15) is 0 Å². The number of urea groups is 1. The van der Waals surface area contributed by atoms with Crippen LogP contribution < -0.4 is 20.9 Å². The maximum atomic E-state index is 14.4. The second-order valence-corrected chi connectivity index (χ2v) is 10.6. The minimum atomic E-state index is -0.689. The summed E-state index contributed by atoms with van der Waals surface area (Å²) in [5.74, 6) is -1.72. The molecule has 1 aliphatic heterocycles. The Hall–Kier alpha value is -3.82. The highest BCUT2D eigenvalue weighted by atomic mass is 35.5. The Morgan fingerprint density at radius 2 is 1.71 bits per heavy atom. The average molecular weight is 601 g/mol. The van der Waals surface area contributed by atoms with Crippen LogP contribution in [0.4, 0.5) is 20.6 Å². The quantitative estimate of drug-likeness (QED) is 0.235. The Bertz CT molecular complexity index is 1390. The number of anilines is 2. The molecule has 3 aromatic rings. The molecule has 1 atom stereocenters. The fourth-order valence-corrected chi connectivity index (χ4v) is 5.02. The van der Waals surface area contributed by atoms with Gasteiger partial charge in [0, 0.05) is 49.7 Å². The third-order valence-electron chi connectivity index (χ3n) is 6.69. The highest BCUT2D eigenvalue weighted by Gasteiger charge is 2.23. The van der Waals surface area contributed by atoms with Crippen LogP contribution in [0, 0.1) is 5.82 Å². The van der Waals surface area contributed by atoms with E-state index in [-0.39, 0.29) is 17.2 Å². The smallest absolute Gasteiger partial charge is 0.317 e. The van der Waals surface area contributed by atoms with Crippen LogP contribution in [0.25, 0.3) is 0 Å². The summed E-state index contributed by atoms with van der Waals surface area (Å²) < 4.78 is 14.4. The van der Waals surface area contributed by atoms with E-state index in [1.165, 1.54) is 18.2 Å². The second-order valence-electron chi connectivity index (χ2n) is 9.60. The molecule has 3 N–H and O–H groups in total. The molecule has 216 valence electrons. The van der Waals surface area contributed by atoms with Crippen molar-refractivity contribution < 1.29 is 18.8 Å². The molecule has 4 rings (SSSR count). The normalized spacial score (nSPS) is 14.1. The molecule has 1 fully saturated rings. The fourth-order valence-electron chi connectivity index (χ4n) is 4.62. The molecule has 41 heavy (non-hydrogen) atoms. The van der Waals surface area contributed by atoms with Gasteiger partial charge < -0.3 is 25.8 Å². The molecular weight excluding hydrogens is 568 g/mol. The summed E-state index contributed by atoms with van der Waals surface area (Å²) in [6, 6.07) is 17.7. The SMILES string of the molecule is CCNC(=O)N1CCCN(c2ccc(C(=O)NC(Cl)Cc3ccc(Cl)cc3)cc2NC(=O)c2ccccc2F)CC1. The molecule has 3 aromatic carbocycles. The van der Waals surface area contributed by atoms with E-state index < -0.39 is 23.1 Å². The van der Waals surface area contributed by atoms with Crippen molar-refractivity contribution in [1.82, 2.24) is 15.5 Å². The molecule has 0 aromatic heterocycles. The van der Waals surface area contributed by atoms with Gasteiger partial charge in [-0.1, -0.05) is 47.5 Å². The number of carbonyl (C=O) groups is 3. The largest absolute Gasteiger partial charge is 0.368 e. The number of amides is 4. The summed E-state index contributed by atoms with van der Waals surface area (Å²) in [7, 11) is 0. The van der Waals surface area contributed by atoms with Crippen molar-refractivity contribution in [3.05, 3.63) is 94.3 Å². The molecule has 8 nitrogen and oxygen atoms in total. The van der Waals surface area contributed by atoms with E-state index in [1.807, 2.05) is 24.0 Å². The summed E-state index contributed by atoms with van der Waals surface area (Å²) in [4.78, 5) is 42.4. The van der Waals surface area contributed by atoms with E-state index in [0.717, 1.165) is 5.56 Å². The number of nitrogens with one attached hydrogen (secondary N) is 3. The Morgan fingerprint density at radius 1 is 0.951 bits per heavy atom. The third-order valence-corrected chi connectivity index (χ3v) is 7.21. The number of alkyl halides is 1. The van der Waals surface area contributed by atoms with Crippen LogP contribution in [0.2, 0.25) is 5.02 Å². The minimum Gasteiger partial charge on any atom is -0.368 e. The monoisotopic (exact) mass is 599 g/mol. The summed E-state index contributed by atoms with van der Waals surface area (Å²) >= 11 is 12.4. The van der Waals surface area contributed by atoms with Crippen LogP contribution in [0.5, 0.6) is 0 Å². The predicted octanol–water partition coefficient (Wildman–Crippen LogP) is 5.51. The molecule has 1 saturated heterocycles. The molecule has 0 bridgehead atoms. The van der Waals surface area contributed by atoms with E-state index in [4.69, 9.17) is 23.2 Å². The zero-order valence-electron chi connectivity index (χ0n) is 22.6. The number of nitrogens with zero attached hydrogens (tertiary/aromatic N) is 2. The number of hydrogen-bond donors (Lipinski definition) is 3. The van der Waals surface area contributed by atoms with Gasteiger partial charge in [-0.25, -0.2) is 9.18 Å². The van der Waals surface area contributed by atoms with Crippen molar-refractivity contribution in [1.29, 1.82) is 0 Å². The lowest BCUT2D eigenvalue weighted by atomic mass is 10.1. The Kier molecular flexibility index (Phi) is 10.4. The summed E-state index contributed by atoms with van der Waals surface area (Å²) in [5.41, 5.74) is 1.39. The van der Waals surface area contributed by atoms with Crippen LogP contribution in [-0.2, 0) is 6.42 Å². The first-order chi connectivity index (χ1) is 19.7. The first-order valence-corrected chi connectivity index (χ1v) is 14.2. The Morgan fingerprint density at radius 3 is 2.44 bits per heavy atom. The van der Waals surface area contributed by atoms with Crippen molar-refractivity contribution in [2.75, 3.05) is 42.9 Å². The zero-order valence-corrected chi connectivity index (χ0v) is 24.1. The maximum absolute atomic E-state index is 14.4. The van der Waals surface area contributed by atoms with Crippen LogP contribution >= 0.6 is 23.2 Å². The number of benzene rings is 3. The molecule has 1 aliphatic rings. The van der Waals surface area contributed by atoms with Crippen LogP contribution in [0.3, 0.4) is 0 Å². The van der Waals surface area contributed by atoms with E-state index in [9.17, 15) is 18.8 Å². The fraction of sp³-hybridized carbons (Fsp3) is 0.300. The molecular formula is C30H32Cl2FN5O3. The molecule has 11 heteroatoms. The average Bonchev–Trinajstić information content (AvgIpc) is 3.21. The lowest BCUT2D eigenvalue weighted by Gasteiger charge is -2.26. The van der Waals surface area contributed by atoms with Gasteiger partial charge in [-0.15, -0.1) is 0 Å². The van der Waals surface area contributed by atoms with Crippen molar-refractivity contribution in [3.8, 4) is 0 Å². The van der Waals surface area contributed by atoms with Gasteiger partial charge in [-0.3, -0.25) is 9.59 Å². The molecule has 0 saturated carbocycles. The van der Waals surface area contributed by atoms with Crippen molar-refractivity contribution >= 4 is 52.4 Å². The number of carbonyl (C=O) groups excluding carboxylic acids is 3. The third kappa shape index (κ3) is 8.11. The molecule has 1 heterocycles. The van der Waals surface area contributed by atoms with Crippen molar-refractivity contribution in [2.45, 2.75) is 25.3 Å². The van der Waals surface area contributed by atoms with E-state index in [0.29, 0.717) is 62.0 Å². The molecule has 0 radical (unpaired) electrons. The standard InChI is InChI=1S/C30H32Cl2FN5O3/c1-2-34-30(41)38-15-5-14-37(16-17-38)26-13-10-21(19-25(26)35-29(40)23-6-3-4-7-24(23)33)28(39)36-27(32)18-20-8-11-22(31)12-9-20/h3-4,6-13,19,27H,2,5,14-18H2,1H3,(H,34,41)(H,35,40)(H,36,39). The second kappa shape index (κ2) is 14.2. The summed E-state index contributed by atoms with van der Waals surface area (Å²) in [6.07, 6.45) is 1.09. The summed E-state index contributed by atoms with van der Waals surface area (Å²) in [5, 5.41) is 9.00. The lowest BCUT2D eigenvalue weighted by molar-refractivity contribution is 0.0947. The molecule has 4 amide bonds. The van der Waals surface area contributed by atoms with Crippen molar-refractivity contribution in [3.63, 3.8) is 0 Å². The minimum absolute atomic E-state index is 0.115. The van der Waals surface area contributed by atoms with Gasteiger partial charge in [0.1, 0.15) is 11.3 Å². The van der Waals surface area contributed by atoms with Gasteiger partial charge in [0.15, 0.2) is 0 Å². The predicted molar refractivity (Wildman–Crippen MR) is 161 cm³/mol. The van der Waals surface area contributed by atoms with E-state index in [1.54, 1.807) is 41.3 Å². The Balaban J connectivity index is 1.56. The molecule has 1 unspecified atom stereocenters. The highest BCUT2D eigenvalue weighted by molar-refractivity contribution is 6.30. The molecule has 0 aliphatic carbocycles. The van der Waals surface area contributed by atoms with Crippen LogP contribution in [0.15, 0.2) is 66.7 Å². The van der Waals surface area contributed by atoms with Gasteiger partial charge in [-0.05, 0) is 61.4 Å². The number of rotatable bonds is 8. The van der Waals surface area contributed by atoms with Gasteiger partial charge in [0.2, 0.25) is 0 Å². The molecule has 0 spiro atoms. The van der Waals surface area contributed by atoms with E-state index in [2.05, 4.69) is 16.0 Å². The Labute approximate surface area is 248 Å². The van der Waals surface area contributed by atoms with Gasteiger partial charge >= 0.3 is 6.03 Å². The first kappa shape index (κ1) is 30.1. The topological polar surface area (TPSA) is 93.8 Å². The highest BCUT2D eigenvalue weighted by Crippen LogP contribution is 2.29. The van der Waals surface area contributed by atoms with Gasteiger partial charge in [0.25, 0.3) is 11.8 Å². The first-order valence-electron chi connectivity index (χ1n) is 13.4. The zero-order chi connectivity index (χ0) is 29.4. The maximum Gasteiger partial charge on any atom is 0.317 e. The van der Waals surface area contributed by atoms with Crippen LogP contribution in [0.1, 0.15) is 39.6 Å². The van der Waals surface area contributed by atoms with Crippen LogP contribution in [-0.4, -0.2) is 61.0 Å². The summed E-state index contributed by atoms with van der Waals surface area (Å²) in [6.45, 7) is 4.61.